The number of hydrogen-bond donors (Lipinski definition) is 3. The maximum atomic E-state index is 5.88. The molecule has 0 aromatic carbocycles. The predicted octanol–water partition coefficient (Wildman–Crippen LogP) is -1.07. The molecule has 0 saturated carbocycles. The number of fused-ring (bicyclic) bond motifs is 1. The minimum atomic E-state index is -0.421. The van der Waals surface area contributed by atoms with Gasteiger partial charge in [-0.1, -0.05) is 0 Å². The van der Waals surface area contributed by atoms with Crippen LogP contribution in [-0.4, -0.2) is 41.9 Å². The molecule has 0 aliphatic carbocycles. The monoisotopic (exact) mass is 237 g/mol. The fraction of sp³-hybridized carbons (Fsp3) is 0.600. The lowest BCUT2D eigenvalue weighted by atomic mass is 9.99. The Hall–Kier alpha value is -1.60. The van der Waals surface area contributed by atoms with Crippen LogP contribution in [0.1, 0.15) is 5.56 Å². The summed E-state index contributed by atoms with van der Waals surface area (Å²) in [5.74, 6) is 1.02. The zero-order valence-corrected chi connectivity index (χ0v) is 9.40. The van der Waals surface area contributed by atoms with Gasteiger partial charge >= 0.3 is 0 Å². The molecule has 2 aliphatic heterocycles. The van der Waals surface area contributed by atoms with Crippen LogP contribution in [0.5, 0.6) is 5.88 Å². The summed E-state index contributed by atoms with van der Waals surface area (Å²) in [6.07, 6.45) is 0.654. The van der Waals surface area contributed by atoms with E-state index in [-0.39, 0.29) is 5.95 Å². The van der Waals surface area contributed by atoms with Crippen molar-refractivity contribution in [2.75, 3.05) is 37.8 Å². The van der Waals surface area contributed by atoms with E-state index in [0.29, 0.717) is 37.9 Å². The Bertz CT molecular complexity index is 443. The molecule has 2 aliphatic rings. The van der Waals surface area contributed by atoms with Crippen molar-refractivity contribution in [3.8, 4) is 5.88 Å². The second-order valence-corrected chi connectivity index (χ2v) is 4.44. The highest BCUT2D eigenvalue weighted by atomic mass is 16.6. The molecule has 1 fully saturated rings. The molecule has 1 atom stereocenters. The minimum Gasteiger partial charge on any atom is -0.466 e. The fourth-order valence-electron chi connectivity index (χ4n) is 2.26. The fourth-order valence-corrected chi connectivity index (χ4v) is 2.26. The van der Waals surface area contributed by atoms with Crippen LogP contribution in [0, 0.1) is 0 Å². The van der Waals surface area contributed by atoms with Crippen molar-refractivity contribution in [1.82, 2.24) is 15.3 Å². The zero-order chi connectivity index (χ0) is 11.9. The molecule has 92 valence electrons. The molecule has 1 saturated heterocycles. The van der Waals surface area contributed by atoms with E-state index in [1.807, 2.05) is 0 Å². The maximum absolute atomic E-state index is 5.88. The number of hydrogen-bond acceptors (Lipinski definition) is 7. The standard InChI is InChI=1S/C10H15N5O2/c11-7-6-3-10(4-13-1-2-16-5-10)17-8(6)15-9(12)14-7/h13H,1-5H2,(H4,11,12,14,15)/t10-/m0/s1. The van der Waals surface area contributed by atoms with Crippen molar-refractivity contribution in [2.24, 2.45) is 0 Å². The van der Waals surface area contributed by atoms with Crippen molar-refractivity contribution in [1.29, 1.82) is 0 Å². The topological polar surface area (TPSA) is 108 Å². The first-order valence-corrected chi connectivity index (χ1v) is 5.58. The van der Waals surface area contributed by atoms with Gasteiger partial charge in [0.25, 0.3) is 0 Å². The average Bonchev–Trinajstić information content (AvgIpc) is 2.47. The number of rotatable bonds is 0. The van der Waals surface area contributed by atoms with Crippen LogP contribution in [-0.2, 0) is 11.2 Å². The Morgan fingerprint density at radius 2 is 2.18 bits per heavy atom. The Kier molecular flexibility index (Phi) is 2.30. The number of anilines is 2. The van der Waals surface area contributed by atoms with Crippen molar-refractivity contribution >= 4 is 11.8 Å². The predicted molar refractivity (Wildman–Crippen MR) is 61.6 cm³/mol. The average molecular weight is 237 g/mol. The van der Waals surface area contributed by atoms with Gasteiger partial charge in [-0.15, -0.1) is 0 Å². The van der Waals surface area contributed by atoms with Crippen molar-refractivity contribution in [2.45, 2.75) is 12.0 Å². The highest BCUT2D eigenvalue weighted by molar-refractivity contribution is 5.52. The Morgan fingerprint density at radius 3 is 3.06 bits per heavy atom. The lowest BCUT2D eigenvalue weighted by molar-refractivity contribution is 0.00541. The van der Waals surface area contributed by atoms with E-state index < -0.39 is 5.60 Å². The van der Waals surface area contributed by atoms with Crippen LogP contribution >= 0.6 is 0 Å². The third-order valence-electron chi connectivity index (χ3n) is 3.07. The SMILES string of the molecule is Nc1nc(N)c2c(n1)O[C@]1(CNCCOC1)C2. The van der Waals surface area contributed by atoms with Gasteiger partial charge in [0.1, 0.15) is 5.82 Å². The van der Waals surface area contributed by atoms with E-state index in [2.05, 4.69) is 15.3 Å². The number of ether oxygens (including phenoxy) is 2. The van der Waals surface area contributed by atoms with E-state index >= 15 is 0 Å². The molecular weight excluding hydrogens is 222 g/mol. The zero-order valence-electron chi connectivity index (χ0n) is 9.40. The molecule has 7 heteroatoms. The largest absolute Gasteiger partial charge is 0.466 e. The highest BCUT2D eigenvalue weighted by Gasteiger charge is 2.42. The molecule has 1 aromatic rings. The lowest BCUT2D eigenvalue weighted by Gasteiger charge is -2.25. The van der Waals surface area contributed by atoms with Gasteiger partial charge in [0.05, 0.1) is 18.8 Å². The van der Waals surface area contributed by atoms with Gasteiger partial charge in [-0.2, -0.15) is 9.97 Å². The van der Waals surface area contributed by atoms with Gasteiger partial charge in [0, 0.05) is 19.5 Å². The Balaban J connectivity index is 1.93. The molecule has 0 unspecified atom stereocenters. The molecule has 0 radical (unpaired) electrons. The van der Waals surface area contributed by atoms with E-state index in [1.54, 1.807) is 0 Å². The van der Waals surface area contributed by atoms with Crippen molar-refractivity contribution in [3.05, 3.63) is 5.56 Å². The first kappa shape index (κ1) is 10.5. The van der Waals surface area contributed by atoms with E-state index in [1.165, 1.54) is 0 Å². The van der Waals surface area contributed by atoms with Gasteiger partial charge < -0.3 is 26.3 Å². The van der Waals surface area contributed by atoms with E-state index in [4.69, 9.17) is 20.9 Å². The summed E-state index contributed by atoms with van der Waals surface area (Å²) in [6, 6.07) is 0. The molecule has 3 rings (SSSR count). The summed E-state index contributed by atoms with van der Waals surface area (Å²) in [7, 11) is 0. The second-order valence-electron chi connectivity index (χ2n) is 4.44. The summed E-state index contributed by atoms with van der Waals surface area (Å²) >= 11 is 0. The summed E-state index contributed by atoms with van der Waals surface area (Å²) in [5.41, 5.74) is 11.8. The van der Waals surface area contributed by atoms with Crippen LogP contribution in [0.2, 0.25) is 0 Å². The summed E-state index contributed by atoms with van der Waals surface area (Å²) in [5, 5.41) is 3.28. The number of nitrogens with two attached hydrogens (primary N) is 2. The molecule has 1 aromatic heterocycles. The molecule has 17 heavy (non-hydrogen) atoms. The first-order chi connectivity index (χ1) is 8.19. The summed E-state index contributed by atoms with van der Waals surface area (Å²) < 4.78 is 11.4. The number of nitrogen functional groups attached to an aromatic ring is 2. The van der Waals surface area contributed by atoms with Crippen LogP contribution in [0.25, 0.3) is 0 Å². The Labute approximate surface area is 98.5 Å². The number of aromatic nitrogens is 2. The molecular formula is C10H15N5O2. The smallest absolute Gasteiger partial charge is 0.225 e. The maximum Gasteiger partial charge on any atom is 0.225 e. The summed E-state index contributed by atoms with van der Waals surface area (Å²) in [6.45, 7) is 2.74. The lowest BCUT2D eigenvalue weighted by Crippen LogP contribution is -2.46. The number of nitrogens with one attached hydrogen (secondary N) is 1. The van der Waals surface area contributed by atoms with Crippen LogP contribution in [0.4, 0.5) is 11.8 Å². The van der Waals surface area contributed by atoms with Gasteiger partial charge in [-0.3, -0.25) is 0 Å². The molecule has 0 amide bonds. The molecule has 7 nitrogen and oxygen atoms in total. The second kappa shape index (κ2) is 3.71. The molecule has 5 N–H and O–H groups in total. The molecule has 1 spiro atoms. The highest BCUT2D eigenvalue weighted by Crippen LogP contribution is 2.37. The van der Waals surface area contributed by atoms with Gasteiger partial charge in [0.15, 0.2) is 5.60 Å². The van der Waals surface area contributed by atoms with Crippen molar-refractivity contribution in [3.63, 3.8) is 0 Å². The third-order valence-corrected chi connectivity index (χ3v) is 3.07. The normalized spacial score (nSPS) is 27.5. The third kappa shape index (κ3) is 1.77. The van der Waals surface area contributed by atoms with Gasteiger partial charge in [-0.25, -0.2) is 0 Å². The Morgan fingerprint density at radius 1 is 1.29 bits per heavy atom. The molecule has 0 bridgehead atoms. The van der Waals surface area contributed by atoms with Crippen LogP contribution in [0.15, 0.2) is 0 Å². The molecule has 3 heterocycles. The number of nitrogens with zero attached hydrogens (tertiary/aromatic N) is 2. The van der Waals surface area contributed by atoms with Crippen LogP contribution in [0.3, 0.4) is 0 Å². The van der Waals surface area contributed by atoms with Crippen LogP contribution < -0.4 is 21.5 Å². The van der Waals surface area contributed by atoms with Crippen molar-refractivity contribution < 1.29 is 9.47 Å². The van der Waals surface area contributed by atoms with Gasteiger partial charge in [-0.05, 0) is 0 Å². The summed E-state index contributed by atoms with van der Waals surface area (Å²) in [4.78, 5) is 8.03. The van der Waals surface area contributed by atoms with E-state index in [9.17, 15) is 0 Å². The quantitative estimate of drug-likeness (QED) is 0.527. The minimum absolute atomic E-state index is 0.140. The first-order valence-electron chi connectivity index (χ1n) is 5.58. The van der Waals surface area contributed by atoms with E-state index in [0.717, 1.165) is 12.1 Å². The van der Waals surface area contributed by atoms with Gasteiger partial charge in [0.2, 0.25) is 11.8 Å².